The van der Waals surface area contributed by atoms with Crippen molar-refractivity contribution in [1.82, 2.24) is 9.36 Å². The van der Waals surface area contributed by atoms with Gasteiger partial charge >= 0.3 is 5.97 Å². The molecule has 4 aromatic rings. The molecule has 0 fully saturated rings. The van der Waals surface area contributed by atoms with Crippen molar-refractivity contribution in [2.45, 2.75) is 29.9 Å². The number of aromatic nitrogens is 2. The molecule has 1 aromatic heterocycles. The fourth-order valence-corrected chi connectivity index (χ4v) is 5.11. The summed E-state index contributed by atoms with van der Waals surface area (Å²) in [6.45, 7) is 1.78. The third kappa shape index (κ3) is 6.66. The molecule has 1 unspecified atom stereocenters. The number of aliphatic carboxylic acids is 1. The van der Waals surface area contributed by atoms with E-state index in [-0.39, 0.29) is 30.0 Å². The van der Waals surface area contributed by atoms with Crippen molar-refractivity contribution in [3.05, 3.63) is 107 Å². The summed E-state index contributed by atoms with van der Waals surface area (Å²) in [6, 6.07) is 25.4. The van der Waals surface area contributed by atoms with E-state index in [9.17, 15) is 19.2 Å². The van der Waals surface area contributed by atoms with Crippen LogP contribution in [0.25, 0.3) is 5.69 Å². The second-order valence-electron chi connectivity index (χ2n) is 8.80. The number of rotatable bonds is 10. The summed E-state index contributed by atoms with van der Waals surface area (Å²) in [5.41, 5.74) is 2.40. The molecule has 1 atom stereocenters. The van der Waals surface area contributed by atoms with E-state index < -0.39 is 17.1 Å². The summed E-state index contributed by atoms with van der Waals surface area (Å²) >= 11 is 1.27. The normalized spacial score (nSPS) is 11.5. The number of carboxylic acid groups (broad SMARTS) is 1. The van der Waals surface area contributed by atoms with Crippen LogP contribution in [-0.4, -0.2) is 32.3 Å². The van der Waals surface area contributed by atoms with Gasteiger partial charge in [-0.25, -0.2) is 4.68 Å². The molecule has 0 spiro atoms. The van der Waals surface area contributed by atoms with Crippen LogP contribution >= 0.6 is 11.8 Å². The Morgan fingerprint density at radius 2 is 1.56 bits per heavy atom. The van der Waals surface area contributed by atoms with Crippen molar-refractivity contribution >= 4 is 40.9 Å². The fourth-order valence-electron chi connectivity index (χ4n) is 4.03. The predicted molar refractivity (Wildman–Crippen MR) is 151 cm³/mol. The minimum atomic E-state index is -1.05. The molecule has 0 aliphatic heterocycles. The smallest absolute Gasteiger partial charge is 0.303 e. The Labute approximate surface area is 229 Å². The van der Waals surface area contributed by atoms with Crippen LogP contribution in [0, 0.1) is 6.92 Å². The van der Waals surface area contributed by atoms with Gasteiger partial charge in [-0.05, 0) is 42.8 Å². The van der Waals surface area contributed by atoms with Gasteiger partial charge in [-0.3, -0.25) is 23.9 Å². The standard InChI is InChI=1S/C29H28N4O5S/c1-19-26(29(38)33(32(19)2)22-13-7-4-8-14-22)31-28(37)27(20-10-5-3-6-11-20)39-23-15-9-12-21(18-23)30-24(34)16-17-25(35)36/h3-15,18,27H,16-17H2,1-2H3,(H,30,34)(H,31,37)(H,35,36). The van der Waals surface area contributed by atoms with Gasteiger partial charge < -0.3 is 15.7 Å². The van der Waals surface area contributed by atoms with Crippen molar-refractivity contribution in [2.75, 3.05) is 10.6 Å². The molecule has 2 amide bonds. The number of para-hydroxylation sites is 1. The number of hydrogen-bond donors (Lipinski definition) is 3. The number of carbonyl (C=O) groups excluding carboxylic acids is 2. The van der Waals surface area contributed by atoms with Crippen LogP contribution in [0.4, 0.5) is 11.4 Å². The van der Waals surface area contributed by atoms with Gasteiger partial charge in [0, 0.05) is 24.1 Å². The Morgan fingerprint density at radius 1 is 0.897 bits per heavy atom. The molecule has 1 heterocycles. The lowest BCUT2D eigenvalue weighted by Crippen LogP contribution is -2.25. The van der Waals surface area contributed by atoms with Crippen LogP contribution in [0.3, 0.4) is 0 Å². The Kier molecular flexibility index (Phi) is 8.67. The van der Waals surface area contributed by atoms with E-state index in [4.69, 9.17) is 5.11 Å². The number of carboxylic acids is 1. The first-order chi connectivity index (χ1) is 18.7. The minimum Gasteiger partial charge on any atom is -0.481 e. The third-order valence-electron chi connectivity index (χ3n) is 6.08. The van der Waals surface area contributed by atoms with E-state index in [0.717, 1.165) is 5.56 Å². The monoisotopic (exact) mass is 544 g/mol. The van der Waals surface area contributed by atoms with E-state index in [0.29, 0.717) is 22.0 Å². The van der Waals surface area contributed by atoms with Crippen molar-refractivity contribution in [2.24, 2.45) is 7.05 Å². The Hall–Kier alpha value is -4.57. The lowest BCUT2D eigenvalue weighted by molar-refractivity contribution is -0.138. The summed E-state index contributed by atoms with van der Waals surface area (Å²) in [5, 5.41) is 13.7. The molecule has 0 saturated heterocycles. The molecule has 4 rings (SSSR count). The van der Waals surface area contributed by atoms with Crippen molar-refractivity contribution < 1.29 is 19.5 Å². The van der Waals surface area contributed by atoms with Crippen LogP contribution in [0.2, 0.25) is 0 Å². The van der Waals surface area contributed by atoms with Gasteiger partial charge in [-0.15, -0.1) is 11.8 Å². The number of carbonyl (C=O) groups is 3. The molecule has 3 aromatic carbocycles. The summed E-state index contributed by atoms with van der Waals surface area (Å²) in [6.07, 6.45) is -0.403. The number of anilines is 2. The summed E-state index contributed by atoms with van der Waals surface area (Å²) in [5.74, 6) is -1.82. The topological polar surface area (TPSA) is 122 Å². The zero-order chi connectivity index (χ0) is 27.9. The second kappa shape index (κ2) is 12.3. The van der Waals surface area contributed by atoms with Gasteiger partial charge in [-0.2, -0.15) is 0 Å². The number of nitrogens with one attached hydrogen (secondary N) is 2. The number of thioether (sulfide) groups is 1. The van der Waals surface area contributed by atoms with Gasteiger partial charge in [0.05, 0.1) is 17.8 Å². The highest BCUT2D eigenvalue weighted by Crippen LogP contribution is 2.37. The Bertz CT molecular complexity index is 1550. The maximum Gasteiger partial charge on any atom is 0.303 e. The van der Waals surface area contributed by atoms with Gasteiger partial charge in [0.15, 0.2) is 0 Å². The first-order valence-electron chi connectivity index (χ1n) is 12.2. The lowest BCUT2D eigenvalue weighted by Gasteiger charge is -2.17. The van der Waals surface area contributed by atoms with Crippen LogP contribution in [0.15, 0.2) is 94.6 Å². The number of hydrogen-bond acceptors (Lipinski definition) is 5. The molecule has 39 heavy (non-hydrogen) atoms. The number of amides is 2. The van der Waals surface area contributed by atoms with Gasteiger partial charge in [0.2, 0.25) is 11.8 Å². The van der Waals surface area contributed by atoms with E-state index >= 15 is 0 Å². The molecule has 0 saturated carbocycles. The van der Waals surface area contributed by atoms with E-state index in [2.05, 4.69) is 10.6 Å². The Balaban J connectivity index is 1.60. The molecule has 0 bridgehead atoms. The summed E-state index contributed by atoms with van der Waals surface area (Å²) in [7, 11) is 1.76. The highest BCUT2D eigenvalue weighted by atomic mass is 32.2. The average Bonchev–Trinajstić information content (AvgIpc) is 3.14. The first-order valence-corrected chi connectivity index (χ1v) is 13.1. The molecule has 0 aliphatic carbocycles. The molecular weight excluding hydrogens is 516 g/mol. The van der Waals surface area contributed by atoms with Gasteiger partial charge in [0.25, 0.3) is 5.56 Å². The number of nitrogens with zero attached hydrogens (tertiary/aromatic N) is 2. The van der Waals surface area contributed by atoms with E-state index in [1.807, 2.05) is 66.7 Å². The zero-order valence-electron chi connectivity index (χ0n) is 21.5. The highest BCUT2D eigenvalue weighted by Gasteiger charge is 2.26. The second-order valence-corrected chi connectivity index (χ2v) is 9.98. The van der Waals surface area contributed by atoms with Crippen LogP contribution in [0.1, 0.15) is 29.3 Å². The zero-order valence-corrected chi connectivity index (χ0v) is 22.3. The maximum atomic E-state index is 13.7. The Morgan fingerprint density at radius 3 is 2.23 bits per heavy atom. The maximum absolute atomic E-state index is 13.7. The van der Waals surface area contributed by atoms with Crippen molar-refractivity contribution in [1.29, 1.82) is 0 Å². The van der Waals surface area contributed by atoms with E-state index in [1.165, 1.54) is 16.4 Å². The molecule has 3 N–H and O–H groups in total. The van der Waals surface area contributed by atoms with Crippen molar-refractivity contribution in [3.63, 3.8) is 0 Å². The first kappa shape index (κ1) is 27.5. The summed E-state index contributed by atoms with van der Waals surface area (Å²) in [4.78, 5) is 50.6. The molecule has 200 valence electrons. The molecular formula is C29H28N4O5S. The largest absolute Gasteiger partial charge is 0.481 e. The predicted octanol–water partition coefficient (Wildman–Crippen LogP) is 4.76. The summed E-state index contributed by atoms with van der Waals surface area (Å²) < 4.78 is 3.21. The molecule has 0 radical (unpaired) electrons. The fraction of sp³-hybridized carbons (Fsp3) is 0.172. The van der Waals surface area contributed by atoms with Gasteiger partial charge in [0.1, 0.15) is 10.9 Å². The van der Waals surface area contributed by atoms with Crippen LogP contribution in [-0.2, 0) is 21.4 Å². The van der Waals surface area contributed by atoms with Crippen LogP contribution in [0.5, 0.6) is 0 Å². The molecule has 0 aliphatic rings. The SMILES string of the molecule is Cc1c(NC(=O)C(Sc2cccc(NC(=O)CCC(=O)O)c2)c2ccccc2)c(=O)n(-c2ccccc2)n1C. The third-order valence-corrected chi connectivity index (χ3v) is 7.33. The van der Waals surface area contributed by atoms with E-state index in [1.54, 1.807) is 36.9 Å². The highest BCUT2D eigenvalue weighted by molar-refractivity contribution is 8.00. The lowest BCUT2D eigenvalue weighted by atomic mass is 10.1. The van der Waals surface area contributed by atoms with Crippen LogP contribution < -0.4 is 16.2 Å². The van der Waals surface area contributed by atoms with Crippen molar-refractivity contribution in [3.8, 4) is 5.69 Å². The average molecular weight is 545 g/mol. The van der Waals surface area contributed by atoms with Gasteiger partial charge in [-0.1, -0.05) is 54.6 Å². The number of benzene rings is 3. The molecule has 9 nitrogen and oxygen atoms in total. The minimum absolute atomic E-state index is 0.140. The quantitative estimate of drug-likeness (QED) is 0.248. The molecule has 10 heteroatoms.